The van der Waals surface area contributed by atoms with Gasteiger partial charge in [-0.2, -0.15) is 5.10 Å². The van der Waals surface area contributed by atoms with E-state index in [1.807, 2.05) is 31.2 Å². The Morgan fingerprint density at radius 3 is 2.44 bits per heavy atom. The fraction of sp³-hybridized carbons (Fsp3) is 0.100. The number of nitrogens with one attached hydrogen (secondary N) is 1. The molecule has 0 amide bonds. The van der Waals surface area contributed by atoms with Gasteiger partial charge in [-0.1, -0.05) is 29.8 Å². The predicted octanol–water partition coefficient (Wildman–Crippen LogP) is 2.31. The lowest BCUT2D eigenvalue weighted by molar-refractivity contribution is 0.610. The van der Waals surface area contributed by atoms with E-state index in [9.17, 15) is 8.42 Å². The van der Waals surface area contributed by atoms with Crippen molar-refractivity contribution in [3.8, 4) is 11.3 Å². The first-order chi connectivity index (χ1) is 7.48. The monoisotopic (exact) mass is 256 g/mol. The van der Waals surface area contributed by atoms with Gasteiger partial charge in [0.15, 0.2) is 0 Å². The molecule has 1 aromatic carbocycles. The summed E-state index contributed by atoms with van der Waals surface area (Å²) in [6.45, 7) is 1.95. The van der Waals surface area contributed by atoms with Crippen molar-refractivity contribution >= 4 is 19.7 Å². The van der Waals surface area contributed by atoms with Crippen molar-refractivity contribution < 1.29 is 8.42 Å². The summed E-state index contributed by atoms with van der Waals surface area (Å²) in [6, 6.07) is 7.41. The maximum atomic E-state index is 11.3. The number of rotatable bonds is 2. The van der Waals surface area contributed by atoms with E-state index in [1.54, 1.807) is 0 Å². The van der Waals surface area contributed by atoms with E-state index in [4.69, 9.17) is 10.7 Å². The van der Waals surface area contributed by atoms with Crippen LogP contribution in [0.5, 0.6) is 0 Å². The molecule has 1 heterocycles. The Labute approximate surface area is 97.7 Å². The molecule has 0 fully saturated rings. The number of aromatic amines is 1. The van der Waals surface area contributed by atoms with Crippen LogP contribution in [-0.4, -0.2) is 18.6 Å². The van der Waals surface area contributed by atoms with Crippen molar-refractivity contribution in [1.29, 1.82) is 0 Å². The number of hydrogen-bond donors (Lipinski definition) is 1. The molecule has 0 aliphatic carbocycles. The molecule has 2 aromatic rings. The lowest BCUT2D eigenvalue weighted by Gasteiger charge is -2.00. The predicted molar refractivity (Wildman–Crippen MR) is 61.8 cm³/mol. The quantitative estimate of drug-likeness (QED) is 0.839. The molecule has 0 bridgehead atoms. The third kappa shape index (κ3) is 2.10. The summed E-state index contributed by atoms with van der Waals surface area (Å²) in [7, 11) is 1.53. The smallest absolute Gasteiger partial charge is 0.265 e. The maximum absolute atomic E-state index is 11.3. The number of benzene rings is 1. The second-order valence-electron chi connectivity index (χ2n) is 3.41. The standard InChI is InChI=1S/C10H9ClN2O2S/c1-7-2-4-8(5-3-7)10-9(6-12-13-10)16(11,14)15/h2-6H,1H3,(H,12,13). The van der Waals surface area contributed by atoms with Gasteiger partial charge >= 0.3 is 0 Å². The van der Waals surface area contributed by atoms with Gasteiger partial charge < -0.3 is 0 Å². The van der Waals surface area contributed by atoms with Crippen molar-refractivity contribution in [2.75, 3.05) is 0 Å². The highest BCUT2D eigenvalue weighted by atomic mass is 35.7. The minimum absolute atomic E-state index is 0.00183. The van der Waals surface area contributed by atoms with E-state index in [-0.39, 0.29) is 4.90 Å². The molecule has 84 valence electrons. The van der Waals surface area contributed by atoms with Crippen LogP contribution in [0, 0.1) is 6.92 Å². The second kappa shape index (κ2) is 3.92. The number of halogens is 1. The average Bonchev–Trinajstić information content (AvgIpc) is 2.66. The molecule has 0 saturated heterocycles. The zero-order chi connectivity index (χ0) is 11.8. The van der Waals surface area contributed by atoms with Crippen LogP contribution in [0.4, 0.5) is 0 Å². The summed E-state index contributed by atoms with van der Waals surface area (Å²) in [5, 5.41) is 6.33. The molecule has 16 heavy (non-hydrogen) atoms. The molecule has 1 N–H and O–H groups in total. The van der Waals surface area contributed by atoms with Crippen molar-refractivity contribution in [2.45, 2.75) is 11.8 Å². The lowest BCUT2D eigenvalue weighted by atomic mass is 10.1. The molecule has 0 aliphatic heterocycles. The average molecular weight is 257 g/mol. The summed E-state index contributed by atoms with van der Waals surface area (Å²) in [6.07, 6.45) is 1.21. The Bertz CT molecular complexity index is 602. The van der Waals surface area contributed by atoms with Gasteiger partial charge in [0.1, 0.15) is 4.90 Å². The first kappa shape index (κ1) is 11.2. The number of aryl methyl sites for hydroxylation is 1. The van der Waals surface area contributed by atoms with Crippen LogP contribution < -0.4 is 0 Å². The van der Waals surface area contributed by atoms with E-state index in [2.05, 4.69) is 10.2 Å². The van der Waals surface area contributed by atoms with Gasteiger partial charge in [0.2, 0.25) is 0 Å². The zero-order valence-corrected chi connectivity index (χ0v) is 10.0. The fourth-order valence-electron chi connectivity index (χ4n) is 1.39. The molecule has 1 aromatic heterocycles. The highest BCUT2D eigenvalue weighted by Crippen LogP contribution is 2.27. The van der Waals surface area contributed by atoms with Gasteiger partial charge in [0.25, 0.3) is 9.05 Å². The van der Waals surface area contributed by atoms with Crippen molar-refractivity contribution in [2.24, 2.45) is 0 Å². The van der Waals surface area contributed by atoms with Crippen LogP contribution >= 0.6 is 10.7 Å². The third-order valence-corrected chi connectivity index (χ3v) is 3.54. The fourth-order valence-corrected chi connectivity index (χ4v) is 2.32. The molecular formula is C10H9ClN2O2S. The van der Waals surface area contributed by atoms with E-state index in [1.165, 1.54) is 6.20 Å². The number of hydrogen-bond acceptors (Lipinski definition) is 3. The molecule has 0 spiro atoms. The molecule has 0 atom stereocenters. The molecular weight excluding hydrogens is 248 g/mol. The SMILES string of the molecule is Cc1ccc(-c2[nH]ncc2S(=O)(=O)Cl)cc1. The first-order valence-electron chi connectivity index (χ1n) is 4.53. The van der Waals surface area contributed by atoms with Crippen molar-refractivity contribution in [3.05, 3.63) is 36.0 Å². The summed E-state index contributed by atoms with van der Waals surface area (Å²) >= 11 is 0. The normalized spacial score (nSPS) is 11.6. The van der Waals surface area contributed by atoms with Gasteiger partial charge in [0.05, 0.1) is 11.9 Å². The van der Waals surface area contributed by atoms with E-state index >= 15 is 0 Å². The van der Waals surface area contributed by atoms with Gasteiger partial charge in [0, 0.05) is 16.2 Å². The van der Waals surface area contributed by atoms with E-state index in [0.29, 0.717) is 5.69 Å². The molecule has 6 heteroatoms. The number of aromatic nitrogens is 2. The van der Waals surface area contributed by atoms with Gasteiger partial charge in [-0.3, -0.25) is 5.10 Å². The lowest BCUT2D eigenvalue weighted by Crippen LogP contribution is -1.91. The highest BCUT2D eigenvalue weighted by molar-refractivity contribution is 8.13. The Balaban J connectivity index is 2.58. The van der Waals surface area contributed by atoms with Crippen molar-refractivity contribution in [1.82, 2.24) is 10.2 Å². The minimum Gasteiger partial charge on any atom is -0.276 e. The minimum atomic E-state index is -3.77. The Hall–Kier alpha value is -1.33. The molecule has 0 radical (unpaired) electrons. The summed E-state index contributed by atoms with van der Waals surface area (Å²) in [5.41, 5.74) is 2.25. The zero-order valence-electron chi connectivity index (χ0n) is 8.44. The van der Waals surface area contributed by atoms with Crippen LogP contribution in [0.2, 0.25) is 0 Å². The van der Waals surface area contributed by atoms with Crippen molar-refractivity contribution in [3.63, 3.8) is 0 Å². The molecule has 0 unspecified atom stereocenters. The molecule has 0 aliphatic rings. The van der Waals surface area contributed by atoms with Gasteiger partial charge in [-0.25, -0.2) is 8.42 Å². The Kier molecular flexibility index (Phi) is 2.73. The topological polar surface area (TPSA) is 62.8 Å². The third-order valence-electron chi connectivity index (χ3n) is 2.21. The highest BCUT2D eigenvalue weighted by Gasteiger charge is 2.18. The Morgan fingerprint density at radius 2 is 1.88 bits per heavy atom. The Morgan fingerprint density at radius 1 is 1.25 bits per heavy atom. The molecule has 2 rings (SSSR count). The van der Waals surface area contributed by atoms with E-state index < -0.39 is 9.05 Å². The second-order valence-corrected chi connectivity index (χ2v) is 5.95. The molecule has 4 nitrogen and oxygen atoms in total. The van der Waals surface area contributed by atoms with Gasteiger partial charge in [-0.15, -0.1) is 0 Å². The van der Waals surface area contributed by atoms with Crippen LogP contribution in [0.1, 0.15) is 5.56 Å². The summed E-state index contributed by atoms with van der Waals surface area (Å²) in [4.78, 5) is -0.00183. The first-order valence-corrected chi connectivity index (χ1v) is 6.84. The van der Waals surface area contributed by atoms with Crippen LogP contribution in [0.15, 0.2) is 35.4 Å². The van der Waals surface area contributed by atoms with E-state index in [0.717, 1.165) is 11.1 Å². The summed E-state index contributed by atoms with van der Waals surface area (Å²) in [5.74, 6) is 0. The molecule has 0 saturated carbocycles. The van der Waals surface area contributed by atoms with Crippen LogP contribution in [0.25, 0.3) is 11.3 Å². The number of nitrogens with zero attached hydrogens (tertiary/aromatic N) is 1. The number of H-pyrrole nitrogens is 1. The largest absolute Gasteiger partial charge is 0.276 e. The maximum Gasteiger partial charge on any atom is 0.265 e. The van der Waals surface area contributed by atoms with Crippen LogP contribution in [-0.2, 0) is 9.05 Å². The van der Waals surface area contributed by atoms with Crippen LogP contribution in [0.3, 0.4) is 0 Å². The summed E-state index contributed by atoms with van der Waals surface area (Å²) < 4.78 is 22.5. The van der Waals surface area contributed by atoms with Gasteiger partial charge in [-0.05, 0) is 6.92 Å².